The molecule has 0 aliphatic heterocycles. The van der Waals surface area contributed by atoms with E-state index in [9.17, 15) is 31.1 Å². The number of aromatic nitrogens is 1. The van der Waals surface area contributed by atoms with Crippen LogP contribution in [0.25, 0.3) is 11.1 Å². The quantitative estimate of drug-likeness (QED) is 0.244. The maximum atomic E-state index is 13.4. The van der Waals surface area contributed by atoms with Gasteiger partial charge in [-0.1, -0.05) is 36.4 Å². The Hall–Kier alpha value is -3.66. The summed E-state index contributed by atoms with van der Waals surface area (Å²) in [5, 5.41) is 1.66. The summed E-state index contributed by atoms with van der Waals surface area (Å²) in [5.41, 5.74) is -0.973. The number of halogens is 6. The maximum Gasteiger partial charge on any atom is 0.416 e. The second-order valence-electron chi connectivity index (χ2n) is 7.95. The lowest BCUT2D eigenvalue weighted by molar-refractivity contribution is -0.143. The van der Waals surface area contributed by atoms with Crippen molar-refractivity contribution in [1.82, 2.24) is 9.88 Å². The number of rotatable bonds is 6. The molecule has 0 bridgehead atoms. The average molecular weight is 520 g/mol. The lowest BCUT2D eigenvalue weighted by atomic mass is 10.0. The molecule has 0 fully saturated rings. The summed E-state index contributed by atoms with van der Waals surface area (Å²) >= 11 is 1.13. The maximum absolute atomic E-state index is 13.4. The Bertz CT molecular complexity index is 1300. The second kappa shape index (κ2) is 10.1. The van der Waals surface area contributed by atoms with Crippen molar-refractivity contribution >= 4 is 17.2 Å². The number of carbonyl (C=O) groups excluding carboxylic acids is 1. The minimum absolute atomic E-state index is 0.0730. The van der Waals surface area contributed by atoms with Crippen LogP contribution in [0.3, 0.4) is 0 Å². The van der Waals surface area contributed by atoms with Crippen LogP contribution >= 0.6 is 11.3 Å². The summed E-state index contributed by atoms with van der Waals surface area (Å²) in [6.45, 7) is -0.542. The fraction of sp³-hybridized carbons (Fsp3) is 0.154. The minimum Gasteiger partial charge on any atom is -0.329 e. The number of amides is 1. The van der Waals surface area contributed by atoms with Gasteiger partial charge in [-0.15, -0.1) is 11.3 Å². The van der Waals surface area contributed by atoms with E-state index in [0.717, 1.165) is 22.5 Å². The Balaban J connectivity index is 1.76. The van der Waals surface area contributed by atoms with Gasteiger partial charge in [-0.25, -0.2) is 0 Å². The zero-order valence-corrected chi connectivity index (χ0v) is 19.3. The van der Waals surface area contributed by atoms with Crippen molar-refractivity contribution in [2.45, 2.75) is 25.4 Å². The third-order valence-corrected chi connectivity index (χ3v) is 6.25. The topological polar surface area (TPSA) is 33.2 Å². The molecule has 3 nitrogen and oxygen atoms in total. The monoisotopic (exact) mass is 520 g/mol. The summed E-state index contributed by atoms with van der Waals surface area (Å²) in [5.74, 6) is -0.515. The molecule has 0 atom stereocenters. The minimum atomic E-state index is -4.98. The summed E-state index contributed by atoms with van der Waals surface area (Å²) in [7, 11) is 0. The highest BCUT2D eigenvalue weighted by atomic mass is 32.1. The van der Waals surface area contributed by atoms with Crippen LogP contribution in [0.5, 0.6) is 0 Å². The Morgan fingerprint density at radius 2 is 1.50 bits per heavy atom. The normalized spacial score (nSPS) is 11.9. The smallest absolute Gasteiger partial charge is 0.329 e. The highest BCUT2D eigenvalue weighted by molar-refractivity contribution is 7.12. The Kier molecular flexibility index (Phi) is 7.16. The van der Waals surface area contributed by atoms with Crippen molar-refractivity contribution in [3.8, 4) is 11.1 Å². The predicted octanol–water partition coefficient (Wildman–Crippen LogP) is 7.69. The fourth-order valence-corrected chi connectivity index (χ4v) is 4.44. The third-order valence-electron chi connectivity index (χ3n) is 5.39. The number of hydrogen-bond donors (Lipinski definition) is 0. The zero-order valence-electron chi connectivity index (χ0n) is 18.5. The van der Waals surface area contributed by atoms with Gasteiger partial charge in [-0.2, -0.15) is 26.3 Å². The number of nitrogens with zero attached hydrogens (tertiary/aromatic N) is 2. The van der Waals surface area contributed by atoms with Crippen LogP contribution in [0.15, 0.2) is 84.5 Å². The van der Waals surface area contributed by atoms with Crippen molar-refractivity contribution in [3.05, 3.63) is 112 Å². The molecule has 186 valence electrons. The molecule has 10 heteroatoms. The largest absolute Gasteiger partial charge is 0.416 e. The number of hydrogen-bond acceptors (Lipinski definition) is 3. The number of benzene rings is 2. The second-order valence-corrected chi connectivity index (χ2v) is 8.90. The molecule has 36 heavy (non-hydrogen) atoms. The van der Waals surface area contributed by atoms with E-state index in [1.165, 1.54) is 11.1 Å². The van der Waals surface area contributed by atoms with Crippen LogP contribution in [-0.4, -0.2) is 15.8 Å². The van der Waals surface area contributed by atoms with E-state index in [0.29, 0.717) is 22.6 Å². The van der Waals surface area contributed by atoms with Crippen LogP contribution in [0, 0.1) is 0 Å². The lowest BCUT2D eigenvalue weighted by Gasteiger charge is -2.25. The molecule has 0 unspecified atom stereocenters. The molecule has 0 saturated carbocycles. The van der Waals surface area contributed by atoms with Crippen LogP contribution in [0.2, 0.25) is 0 Å². The SMILES string of the molecule is O=C(c1cccs1)N(Cc1cc(C(F)(F)F)cc(C(F)(F)F)c1)Cc1cnccc1-c1ccccc1. The van der Waals surface area contributed by atoms with Gasteiger partial charge in [0.25, 0.3) is 5.91 Å². The fourth-order valence-electron chi connectivity index (χ4n) is 3.74. The van der Waals surface area contributed by atoms with E-state index in [1.807, 2.05) is 30.3 Å². The highest BCUT2D eigenvalue weighted by Gasteiger charge is 2.37. The summed E-state index contributed by atoms with van der Waals surface area (Å²) in [6, 6.07) is 15.5. The standard InChI is InChI=1S/C26H18F6N2OS/c27-25(28,29)20-11-17(12-21(13-20)26(30,31)32)15-34(24(35)23-7-4-10-36-23)16-19-14-33-9-8-22(19)18-5-2-1-3-6-18/h1-14H,15-16H2. The van der Waals surface area contributed by atoms with E-state index in [-0.39, 0.29) is 18.2 Å². The van der Waals surface area contributed by atoms with Crippen LogP contribution in [-0.2, 0) is 25.4 Å². The van der Waals surface area contributed by atoms with Gasteiger partial charge in [0.2, 0.25) is 0 Å². The molecule has 0 aliphatic carbocycles. The molecular weight excluding hydrogens is 502 g/mol. The van der Waals surface area contributed by atoms with Gasteiger partial charge >= 0.3 is 12.4 Å². The average Bonchev–Trinajstić information content (AvgIpc) is 3.38. The molecule has 0 N–H and O–H groups in total. The predicted molar refractivity (Wildman–Crippen MR) is 124 cm³/mol. The van der Waals surface area contributed by atoms with Crippen LogP contribution < -0.4 is 0 Å². The molecule has 2 heterocycles. The summed E-state index contributed by atoms with van der Waals surface area (Å²) < 4.78 is 80.3. The van der Waals surface area contributed by atoms with E-state index in [4.69, 9.17) is 0 Å². The molecule has 0 radical (unpaired) electrons. The lowest BCUT2D eigenvalue weighted by Crippen LogP contribution is -2.30. The molecular formula is C26H18F6N2OS. The van der Waals surface area contributed by atoms with Crippen molar-refractivity contribution < 1.29 is 31.1 Å². The van der Waals surface area contributed by atoms with Crippen LogP contribution in [0.4, 0.5) is 26.3 Å². The first-order chi connectivity index (χ1) is 17.0. The number of carbonyl (C=O) groups is 1. The number of thiophene rings is 1. The molecule has 4 rings (SSSR count). The number of pyridine rings is 1. The van der Waals surface area contributed by atoms with Crippen molar-refractivity contribution in [1.29, 1.82) is 0 Å². The van der Waals surface area contributed by atoms with E-state index in [1.54, 1.807) is 29.8 Å². The van der Waals surface area contributed by atoms with Gasteiger partial charge in [0, 0.05) is 25.5 Å². The van der Waals surface area contributed by atoms with E-state index < -0.39 is 35.9 Å². The number of alkyl halides is 6. The molecule has 1 amide bonds. The molecule has 2 aromatic heterocycles. The van der Waals surface area contributed by atoms with Gasteiger partial charge < -0.3 is 4.90 Å². The molecule has 2 aromatic carbocycles. The first-order valence-corrected chi connectivity index (χ1v) is 11.5. The Morgan fingerprint density at radius 1 is 0.833 bits per heavy atom. The molecule has 0 aliphatic rings. The summed E-state index contributed by atoms with van der Waals surface area (Å²) in [4.78, 5) is 18.9. The third kappa shape index (κ3) is 5.93. The van der Waals surface area contributed by atoms with Crippen molar-refractivity contribution in [2.75, 3.05) is 0 Å². The van der Waals surface area contributed by atoms with Crippen LogP contribution in [0.1, 0.15) is 31.9 Å². The van der Waals surface area contributed by atoms with Gasteiger partial charge in [0.15, 0.2) is 0 Å². The first-order valence-electron chi connectivity index (χ1n) is 10.6. The van der Waals surface area contributed by atoms with Gasteiger partial charge in [0.1, 0.15) is 0 Å². The van der Waals surface area contributed by atoms with Gasteiger partial charge in [0.05, 0.1) is 16.0 Å². The van der Waals surface area contributed by atoms with Crippen molar-refractivity contribution in [3.63, 3.8) is 0 Å². The Labute approximate surface area is 206 Å². The van der Waals surface area contributed by atoms with Gasteiger partial charge in [-0.05, 0) is 58.0 Å². The van der Waals surface area contributed by atoms with E-state index in [2.05, 4.69) is 4.98 Å². The summed E-state index contributed by atoms with van der Waals surface area (Å²) in [6.07, 6.45) is -6.87. The Morgan fingerprint density at radius 3 is 2.08 bits per heavy atom. The molecule has 0 spiro atoms. The first kappa shape index (κ1) is 25.4. The molecule has 4 aromatic rings. The highest BCUT2D eigenvalue weighted by Crippen LogP contribution is 2.37. The van der Waals surface area contributed by atoms with Crippen molar-refractivity contribution in [2.24, 2.45) is 0 Å². The van der Waals surface area contributed by atoms with Gasteiger partial charge in [-0.3, -0.25) is 9.78 Å². The zero-order chi connectivity index (χ0) is 25.9. The van der Waals surface area contributed by atoms with E-state index >= 15 is 0 Å². The molecule has 0 saturated heterocycles.